The number of aryl methyl sites for hydroxylation is 1. The second-order valence-corrected chi connectivity index (χ2v) is 8.91. The Morgan fingerprint density at radius 3 is 2.32 bits per heavy atom. The Hall–Kier alpha value is -1.93. The summed E-state index contributed by atoms with van der Waals surface area (Å²) in [6.07, 6.45) is 0.282. The molecule has 3 nitrogen and oxygen atoms in total. The minimum absolute atomic E-state index is 0.00927. The molecular formula is C24H25F2NO2S2. The van der Waals surface area contributed by atoms with Crippen LogP contribution in [-0.4, -0.2) is 24.7 Å². The van der Waals surface area contributed by atoms with E-state index in [2.05, 4.69) is 12.6 Å². The molecule has 31 heavy (non-hydrogen) atoms. The van der Waals surface area contributed by atoms with Gasteiger partial charge in [-0.05, 0) is 49.1 Å². The van der Waals surface area contributed by atoms with E-state index >= 15 is 0 Å². The number of carbonyl (C=O) groups excluding carboxylic acids is 1. The van der Waals surface area contributed by atoms with Crippen molar-refractivity contribution in [1.29, 1.82) is 0 Å². The first-order chi connectivity index (χ1) is 14.8. The van der Waals surface area contributed by atoms with E-state index in [0.29, 0.717) is 21.6 Å². The van der Waals surface area contributed by atoms with Gasteiger partial charge in [0.05, 0.1) is 0 Å². The monoisotopic (exact) mass is 461 g/mol. The standard InChI is InChI=1S/C24H25F2NO2S2/c1-13-9-10-16(11-28)20-17(13)7-6-8-18(20)24(29-5)27(4)31-23-14(2)21(25)19(12-30)22(26)15(23)3/h6-11,24,30H,12H2,1-5H3. The first kappa shape index (κ1) is 23.7. The molecule has 1 unspecified atom stereocenters. The highest BCUT2D eigenvalue weighted by atomic mass is 32.2. The van der Waals surface area contributed by atoms with E-state index in [4.69, 9.17) is 4.74 Å². The highest BCUT2D eigenvalue weighted by molar-refractivity contribution is 7.97. The maximum Gasteiger partial charge on any atom is 0.150 e. The van der Waals surface area contributed by atoms with Gasteiger partial charge in [0.25, 0.3) is 0 Å². The van der Waals surface area contributed by atoms with E-state index in [1.54, 1.807) is 38.4 Å². The van der Waals surface area contributed by atoms with Gasteiger partial charge in [0.2, 0.25) is 0 Å². The number of aldehydes is 1. The van der Waals surface area contributed by atoms with Gasteiger partial charge < -0.3 is 4.74 Å². The van der Waals surface area contributed by atoms with Crippen LogP contribution in [0.1, 0.15) is 44.4 Å². The average molecular weight is 462 g/mol. The summed E-state index contributed by atoms with van der Waals surface area (Å²) in [5, 5.41) is 1.78. The Morgan fingerprint density at radius 2 is 1.77 bits per heavy atom. The molecule has 0 amide bonds. The third-order valence-electron chi connectivity index (χ3n) is 5.53. The van der Waals surface area contributed by atoms with Crippen molar-refractivity contribution in [1.82, 2.24) is 4.31 Å². The molecule has 0 aliphatic rings. The summed E-state index contributed by atoms with van der Waals surface area (Å²) in [7, 11) is 3.37. The van der Waals surface area contributed by atoms with Crippen molar-refractivity contribution in [3.8, 4) is 0 Å². The van der Waals surface area contributed by atoms with Crippen LogP contribution in [0.4, 0.5) is 8.78 Å². The van der Waals surface area contributed by atoms with Crippen molar-refractivity contribution < 1.29 is 18.3 Å². The molecule has 0 aromatic heterocycles. The van der Waals surface area contributed by atoms with Crippen LogP contribution in [-0.2, 0) is 10.5 Å². The zero-order valence-corrected chi connectivity index (χ0v) is 19.8. The van der Waals surface area contributed by atoms with Gasteiger partial charge >= 0.3 is 0 Å². The van der Waals surface area contributed by atoms with Crippen LogP contribution in [0.15, 0.2) is 35.2 Å². The third-order valence-corrected chi connectivity index (χ3v) is 7.12. The average Bonchev–Trinajstić information content (AvgIpc) is 2.77. The van der Waals surface area contributed by atoms with E-state index in [9.17, 15) is 13.6 Å². The fraction of sp³-hybridized carbons (Fsp3) is 0.292. The molecule has 0 aliphatic carbocycles. The third kappa shape index (κ3) is 4.24. The van der Waals surface area contributed by atoms with Gasteiger partial charge in [-0.15, -0.1) is 0 Å². The number of fused-ring (bicyclic) bond motifs is 1. The molecule has 0 heterocycles. The lowest BCUT2D eigenvalue weighted by molar-refractivity contribution is 0.0322. The lowest BCUT2D eigenvalue weighted by Crippen LogP contribution is -2.21. The minimum atomic E-state index is -0.577. The normalized spacial score (nSPS) is 12.5. The van der Waals surface area contributed by atoms with Gasteiger partial charge in [-0.3, -0.25) is 4.79 Å². The number of rotatable bonds is 7. The Bertz CT molecular complexity index is 1120. The largest absolute Gasteiger partial charge is 0.361 e. The zero-order chi connectivity index (χ0) is 22.9. The molecule has 3 aromatic rings. The number of carbonyl (C=O) groups is 1. The number of ether oxygens (including phenoxy) is 1. The predicted molar refractivity (Wildman–Crippen MR) is 126 cm³/mol. The smallest absolute Gasteiger partial charge is 0.150 e. The van der Waals surface area contributed by atoms with Gasteiger partial charge in [0.1, 0.15) is 17.9 Å². The fourth-order valence-corrected chi connectivity index (χ4v) is 5.20. The topological polar surface area (TPSA) is 29.5 Å². The van der Waals surface area contributed by atoms with E-state index in [1.807, 2.05) is 31.2 Å². The molecule has 0 bridgehead atoms. The predicted octanol–water partition coefficient (Wildman–Crippen LogP) is 6.57. The van der Waals surface area contributed by atoms with Crippen molar-refractivity contribution in [3.63, 3.8) is 0 Å². The molecular weight excluding hydrogens is 436 g/mol. The Kier molecular flexibility index (Phi) is 7.42. The maximum absolute atomic E-state index is 14.7. The number of hydrogen-bond donors (Lipinski definition) is 1. The van der Waals surface area contributed by atoms with Crippen LogP contribution in [0.3, 0.4) is 0 Å². The van der Waals surface area contributed by atoms with Crippen molar-refractivity contribution in [2.75, 3.05) is 14.2 Å². The number of benzene rings is 3. The summed E-state index contributed by atoms with van der Waals surface area (Å²) in [6, 6.07) is 9.50. The van der Waals surface area contributed by atoms with Crippen LogP contribution in [0.5, 0.6) is 0 Å². The summed E-state index contributed by atoms with van der Waals surface area (Å²) >= 11 is 5.27. The van der Waals surface area contributed by atoms with Crippen molar-refractivity contribution in [3.05, 3.63) is 75.3 Å². The van der Waals surface area contributed by atoms with E-state index < -0.39 is 17.9 Å². The number of hydrogen-bond acceptors (Lipinski definition) is 5. The summed E-state index contributed by atoms with van der Waals surface area (Å²) in [6.45, 7) is 5.26. The second-order valence-electron chi connectivity index (χ2n) is 7.43. The van der Waals surface area contributed by atoms with Crippen molar-refractivity contribution >= 4 is 41.6 Å². The van der Waals surface area contributed by atoms with Crippen LogP contribution < -0.4 is 0 Å². The van der Waals surface area contributed by atoms with Gasteiger partial charge in [-0.1, -0.05) is 30.3 Å². The Balaban J connectivity index is 2.10. The summed E-state index contributed by atoms with van der Waals surface area (Å²) in [5.74, 6) is -1.16. The fourth-order valence-electron chi connectivity index (χ4n) is 3.88. The molecule has 0 N–H and O–H groups in total. The molecule has 0 spiro atoms. The number of methoxy groups -OCH3 is 1. The molecule has 7 heteroatoms. The molecule has 0 saturated carbocycles. The molecule has 3 aromatic carbocycles. The van der Waals surface area contributed by atoms with Gasteiger partial charge in [-0.2, -0.15) is 12.6 Å². The highest BCUT2D eigenvalue weighted by Gasteiger charge is 2.25. The first-order valence-electron chi connectivity index (χ1n) is 9.75. The van der Waals surface area contributed by atoms with Crippen molar-refractivity contribution in [2.45, 2.75) is 37.6 Å². The SMILES string of the molecule is COC(c1cccc2c(C)ccc(C=O)c12)N(C)Sc1c(C)c(F)c(CS)c(F)c1C. The molecule has 0 aliphatic heterocycles. The zero-order valence-electron chi connectivity index (χ0n) is 18.1. The molecule has 0 saturated heterocycles. The number of thiol groups is 1. The lowest BCUT2D eigenvalue weighted by Gasteiger charge is -2.29. The van der Waals surface area contributed by atoms with Crippen LogP contribution in [0.25, 0.3) is 10.8 Å². The van der Waals surface area contributed by atoms with Gasteiger partial charge in [0, 0.05) is 52.6 Å². The van der Waals surface area contributed by atoms with Gasteiger partial charge in [0.15, 0.2) is 6.29 Å². The summed E-state index contributed by atoms with van der Waals surface area (Å²) in [4.78, 5) is 12.2. The van der Waals surface area contributed by atoms with Crippen LogP contribution in [0, 0.1) is 32.4 Å². The highest BCUT2D eigenvalue weighted by Crippen LogP contribution is 2.40. The summed E-state index contributed by atoms with van der Waals surface area (Å²) in [5.41, 5.74) is 3.15. The first-order valence-corrected chi connectivity index (χ1v) is 11.2. The number of nitrogens with zero attached hydrogens (tertiary/aromatic N) is 1. The quantitative estimate of drug-likeness (QED) is 0.187. The molecule has 0 fully saturated rings. The Labute approximate surface area is 191 Å². The molecule has 0 radical (unpaired) electrons. The number of halogens is 2. The van der Waals surface area contributed by atoms with E-state index in [-0.39, 0.29) is 11.3 Å². The second kappa shape index (κ2) is 9.69. The van der Waals surface area contributed by atoms with Crippen LogP contribution >= 0.6 is 24.6 Å². The van der Waals surface area contributed by atoms with Crippen molar-refractivity contribution in [2.24, 2.45) is 0 Å². The van der Waals surface area contributed by atoms with Gasteiger partial charge in [-0.25, -0.2) is 13.1 Å². The maximum atomic E-state index is 14.7. The van der Waals surface area contributed by atoms with E-state index in [1.165, 1.54) is 11.9 Å². The molecule has 1 atom stereocenters. The van der Waals surface area contributed by atoms with E-state index in [0.717, 1.165) is 28.2 Å². The lowest BCUT2D eigenvalue weighted by atomic mass is 9.95. The molecule has 164 valence electrons. The Morgan fingerprint density at radius 1 is 1.13 bits per heavy atom. The van der Waals surface area contributed by atoms with Crippen LogP contribution in [0.2, 0.25) is 0 Å². The summed E-state index contributed by atoms with van der Waals surface area (Å²) < 4.78 is 37.0. The molecule has 3 rings (SSSR count). The minimum Gasteiger partial charge on any atom is -0.361 e.